The average Bonchev–Trinajstić information content (AvgIpc) is 2.79. The SMILES string of the molecule is CCCCCCNC(=O)NCNC(=O)Cc1ccc(O)c(CNC(=O)NCCCCCC)c1. The second-order valence-electron chi connectivity index (χ2n) is 8.08. The number of hydrogen-bond donors (Lipinski definition) is 6. The van der Waals surface area contributed by atoms with Crippen molar-refractivity contribution in [1.82, 2.24) is 26.6 Å². The molecule has 6 N–H and O–H groups in total. The van der Waals surface area contributed by atoms with E-state index < -0.39 is 0 Å². The zero-order valence-electron chi connectivity index (χ0n) is 20.1. The van der Waals surface area contributed by atoms with Gasteiger partial charge in [0.1, 0.15) is 5.75 Å². The van der Waals surface area contributed by atoms with Crippen molar-refractivity contribution >= 4 is 18.0 Å². The van der Waals surface area contributed by atoms with Crippen LogP contribution in [0, 0.1) is 0 Å². The van der Waals surface area contributed by atoms with Crippen LogP contribution < -0.4 is 26.6 Å². The van der Waals surface area contributed by atoms with Crippen molar-refractivity contribution in [2.24, 2.45) is 0 Å². The van der Waals surface area contributed by atoms with E-state index in [0.29, 0.717) is 24.2 Å². The first-order valence-corrected chi connectivity index (χ1v) is 12.1. The molecule has 33 heavy (non-hydrogen) atoms. The molecule has 0 radical (unpaired) electrons. The summed E-state index contributed by atoms with van der Waals surface area (Å²) in [6.45, 7) is 5.68. The molecule has 0 fully saturated rings. The average molecular weight is 464 g/mol. The molecule has 9 nitrogen and oxygen atoms in total. The number of nitrogens with one attached hydrogen (secondary N) is 5. The molecule has 186 valence electrons. The first kappa shape index (κ1) is 28.1. The minimum Gasteiger partial charge on any atom is -0.508 e. The molecule has 0 aliphatic heterocycles. The van der Waals surface area contributed by atoms with E-state index in [1.54, 1.807) is 12.1 Å². The fourth-order valence-corrected chi connectivity index (χ4v) is 3.17. The van der Waals surface area contributed by atoms with E-state index in [2.05, 4.69) is 40.4 Å². The summed E-state index contributed by atoms with van der Waals surface area (Å²) in [5, 5.41) is 23.6. The monoisotopic (exact) mass is 463 g/mol. The van der Waals surface area contributed by atoms with E-state index in [1.807, 2.05) is 0 Å². The second kappa shape index (κ2) is 17.6. The molecule has 9 heteroatoms. The van der Waals surface area contributed by atoms with Crippen LogP contribution in [-0.4, -0.2) is 42.8 Å². The number of rotatable bonds is 16. The summed E-state index contributed by atoms with van der Waals surface area (Å²) >= 11 is 0. The summed E-state index contributed by atoms with van der Waals surface area (Å²) < 4.78 is 0. The van der Waals surface area contributed by atoms with Gasteiger partial charge in [0, 0.05) is 25.2 Å². The normalized spacial score (nSPS) is 10.4. The Morgan fingerprint density at radius 3 is 1.97 bits per heavy atom. The molecule has 0 bridgehead atoms. The lowest BCUT2D eigenvalue weighted by atomic mass is 10.1. The molecule has 0 spiro atoms. The van der Waals surface area contributed by atoms with Crippen LogP contribution in [0.1, 0.15) is 76.3 Å². The standard InChI is InChI=1S/C24H41N5O4/c1-3-5-7-9-13-25-23(32)27-17-20-15-19(11-12-21(20)30)16-22(31)28-18-29-24(33)26-14-10-8-6-4-2/h11-12,15,30H,3-10,13-14,16-18H2,1-2H3,(H,28,31)(H2,25,27,32)(H2,26,29,33). The largest absolute Gasteiger partial charge is 0.508 e. The Kier molecular flexibility index (Phi) is 14.9. The molecule has 0 aliphatic rings. The molecule has 5 amide bonds. The van der Waals surface area contributed by atoms with Gasteiger partial charge in [-0.3, -0.25) is 4.79 Å². The number of carbonyl (C=O) groups is 3. The number of carbonyl (C=O) groups excluding carboxylic acids is 3. The predicted molar refractivity (Wildman–Crippen MR) is 130 cm³/mol. The molecular weight excluding hydrogens is 422 g/mol. The number of hydrogen-bond acceptors (Lipinski definition) is 4. The van der Waals surface area contributed by atoms with Crippen molar-refractivity contribution in [3.05, 3.63) is 29.3 Å². The molecular formula is C24H41N5O4. The summed E-state index contributed by atoms with van der Waals surface area (Å²) in [7, 11) is 0. The van der Waals surface area contributed by atoms with Gasteiger partial charge in [-0.2, -0.15) is 0 Å². The van der Waals surface area contributed by atoms with Gasteiger partial charge in [0.25, 0.3) is 0 Å². The lowest BCUT2D eigenvalue weighted by molar-refractivity contribution is -0.120. The quantitative estimate of drug-likeness (QED) is 0.166. The zero-order chi connectivity index (χ0) is 24.3. The molecule has 0 aliphatic carbocycles. The third kappa shape index (κ3) is 13.9. The molecule has 0 unspecified atom stereocenters. The number of unbranched alkanes of at least 4 members (excludes halogenated alkanes) is 6. The van der Waals surface area contributed by atoms with Gasteiger partial charge in [-0.15, -0.1) is 0 Å². The zero-order valence-corrected chi connectivity index (χ0v) is 20.1. The highest BCUT2D eigenvalue weighted by molar-refractivity contribution is 5.79. The van der Waals surface area contributed by atoms with Crippen molar-refractivity contribution < 1.29 is 19.5 Å². The Bertz CT molecular complexity index is 727. The van der Waals surface area contributed by atoms with Crippen LogP contribution in [0.4, 0.5) is 9.59 Å². The van der Waals surface area contributed by atoms with Crippen LogP contribution in [0.2, 0.25) is 0 Å². The third-order valence-electron chi connectivity index (χ3n) is 5.11. The maximum atomic E-state index is 12.2. The first-order valence-electron chi connectivity index (χ1n) is 12.1. The lowest BCUT2D eigenvalue weighted by Crippen LogP contribution is -2.43. The van der Waals surface area contributed by atoms with Crippen LogP contribution in [0.15, 0.2) is 18.2 Å². The van der Waals surface area contributed by atoms with Gasteiger partial charge in [-0.1, -0.05) is 58.4 Å². The minimum atomic E-state index is -0.312. The Morgan fingerprint density at radius 1 is 0.758 bits per heavy atom. The highest BCUT2D eigenvalue weighted by atomic mass is 16.3. The Labute approximate surface area is 197 Å². The highest BCUT2D eigenvalue weighted by Crippen LogP contribution is 2.18. The second-order valence-corrected chi connectivity index (χ2v) is 8.08. The topological polar surface area (TPSA) is 132 Å². The number of urea groups is 2. The molecule has 0 saturated carbocycles. The molecule has 0 aromatic heterocycles. The number of phenols is 1. The lowest BCUT2D eigenvalue weighted by Gasteiger charge is -2.11. The van der Waals surface area contributed by atoms with Gasteiger partial charge >= 0.3 is 12.1 Å². The van der Waals surface area contributed by atoms with Crippen LogP contribution >= 0.6 is 0 Å². The van der Waals surface area contributed by atoms with Crippen molar-refractivity contribution in [2.75, 3.05) is 19.8 Å². The van der Waals surface area contributed by atoms with E-state index in [4.69, 9.17) is 0 Å². The van der Waals surface area contributed by atoms with Crippen molar-refractivity contribution in [3.8, 4) is 5.75 Å². The van der Waals surface area contributed by atoms with Crippen LogP contribution in [0.5, 0.6) is 5.75 Å². The van der Waals surface area contributed by atoms with Crippen molar-refractivity contribution in [3.63, 3.8) is 0 Å². The fraction of sp³-hybridized carbons (Fsp3) is 0.625. The number of aromatic hydroxyl groups is 1. The third-order valence-corrected chi connectivity index (χ3v) is 5.11. The Hall–Kier alpha value is -2.97. The minimum absolute atomic E-state index is 0.0323. The maximum Gasteiger partial charge on any atom is 0.316 e. The van der Waals surface area contributed by atoms with Crippen LogP contribution in [0.3, 0.4) is 0 Å². The first-order chi connectivity index (χ1) is 16.0. The van der Waals surface area contributed by atoms with Crippen LogP contribution in [-0.2, 0) is 17.8 Å². The summed E-state index contributed by atoms with van der Waals surface area (Å²) in [5.41, 5.74) is 1.23. The number of amides is 5. The summed E-state index contributed by atoms with van der Waals surface area (Å²) in [5.74, 6) is -0.202. The molecule has 1 aromatic rings. The van der Waals surface area contributed by atoms with Crippen molar-refractivity contribution in [1.29, 1.82) is 0 Å². The molecule has 0 saturated heterocycles. The van der Waals surface area contributed by atoms with Gasteiger partial charge in [-0.05, 0) is 30.5 Å². The molecule has 1 aromatic carbocycles. The van der Waals surface area contributed by atoms with Crippen LogP contribution in [0.25, 0.3) is 0 Å². The molecule has 0 heterocycles. The van der Waals surface area contributed by atoms with E-state index in [-0.39, 0.29) is 43.4 Å². The van der Waals surface area contributed by atoms with Gasteiger partial charge in [0.15, 0.2) is 0 Å². The fourth-order valence-electron chi connectivity index (χ4n) is 3.17. The Balaban J connectivity index is 2.31. The van der Waals surface area contributed by atoms with Gasteiger partial charge in [0.2, 0.25) is 5.91 Å². The number of benzene rings is 1. The molecule has 1 rings (SSSR count). The maximum absolute atomic E-state index is 12.2. The summed E-state index contributed by atoms with van der Waals surface area (Å²) in [6, 6.07) is 4.25. The number of phenolic OH excluding ortho intramolecular Hbond substituents is 1. The van der Waals surface area contributed by atoms with E-state index >= 15 is 0 Å². The molecule has 0 atom stereocenters. The van der Waals surface area contributed by atoms with E-state index in [0.717, 1.165) is 51.4 Å². The van der Waals surface area contributed by atoms with Gasteiger partial charge in [-0.25, -0.2) is 9.59 Å². The van der Waals surface area contributed by atoms with Gasteiger partial charge < -0.3 is 31.7 Å². The highest BCUT2D eigenvalue weighted by Gasteiger charge is 2.09. The summed E-state index contributed by atoms with van der Waals surface area (Å²) in [4.78, 5) is 35.8. The van der Waals surface area contributed by atoms with Crippen molar-refractivity contribution in [2.45, 2.75) is 78.2 Å². The smallest absolute Gasteiger partial charge is 0.316 e. The van der Waals surface area contributed by atoms with Gasteiger partial charge in [0.05, 0.1) is 13.1 Å². The Morgan fingerprint density at radius 2 is 1.36 bits per heavy atom. The predicted octanol–water partition coefficient (Wildman–Crippen LogP) is 3.27. The van der Waals surface area contributed by atoms with E-state index in [1.165, 1.54) is 6.07 Å². The van der Waals surface area contributed by atoms with E-state index in [9.17, 15) is 19.5 Å². The summed E-state index contributed by atoms with van der Waals surface area (Å²) in [6.07, 6.45) is 8.73.